The van der Waals surface area contributed by atoms with Crippen molar-refractivity contribution >= 4 is 11.8 Å². The minimum atomic E-state index is -7.06. The molecule has 0 N–H and O–H groups in total. The van der Waals surface area contributed by atoms with E-state index in [9.17, 15) is 49.1 Å². The molecule has 0 aromatic carbocycles. The summed E-state index contributed by atoms with van der Waals surface area (Å²) in [5.41, 5.74) is 0. The number of rotatable bonds is 10. The molecule has 1 unspecified atom stereocenters. The molecular formula is C15H21F9N2O2. The lowest BCUT2D eigenvalue weighted by Gasteiger charge is -2.38. The summed E-state index contributed by atoms with van der Waals surface area (Å²) >= 11 is 0. The molecule has 2 amide bonds. The Kier molecular flexibility index (Phi) is 8.24. The lowest BCUT2D eigenvalue weighted by Crippen LogP contribution is -2.69. The number of hydrogen-bond acceptors (Lipinski definition) is 2. The number of amides is 2. The van der Waals surface area contributed by atoms with E-state index in [-0.39, 0.29) is 4.90 Å². The summed E-state index contributed by atoms with van der Waals surface area (Å²) in [6.07, 6.45) is -4.53. The van der Waals surface area contributed by atoms with Crippen LogP contribution >= 0.6 is 0 Å². The third-order valence-corrected chi connectivity index (χ3v) is 4.14. The number of hydrogen-bond donors (Lipinski definition) is 0. The van der Waals surface area contributed by atoms with E-state index in [1.165, 1.54) is 0 Å². The van der Waals surface area contributed by atoms with Crippen molar-refractivity contribution in [3.8, 4) is 0 Å². The second-order valence-electron chi connectivity index (χ2n) is 5.70. The Morgan fingerprint density at radius 1 is 0.714 bits per heavy atom. The van der Waals surface area contributed by atoms with Crippen LogP contribution in [0.15, 0.2) is 0 Å². The van der Waals surface area contributed by atoms with Gasteiger partial charge in [0.25, 0.3) is 11.8 Å². The van der Waals surface area contributed by atoms with Gasteiger partial charge in [-0.05, 0) is 27.7 Å². The van der Waals surface area contributed by atoms with Crippen molar-refractivity contribution < 1.29 is 49.1 Å². The van der Waals surface area contributed by atoms with Crippen LogP contribution in [-0.4, -0.2) is 77.7 Å². The highest BCUT2D eigenvalue weighted by Crippen LogP contribution is 2.54. The van der Waals surface area contributed by atoms with Gasteiger partial charge in [-0.1, -0.05) is 0 Å². The lowest BCUT2D eigenvalue weighted by molar-refractivity contribution is -0.365. The Bertz CT molecular complexity index is 562. The predicted molar refractivity (Wildman–Crippen MR) is 80.5 cm³/mol. The highest BCUT2D eigenvalue weighted by atomic mass is 19.4. The summed E-state index contributed by atoms with van der Waals surface area (Å²) in [4.78, 5) is 23.4. The van der Waals surface area contributed by atoms with Crippen molar-refractivity contribution in [3.05, 3.63) is 0 Å². The topological polar surface area (TPSA) is 40.6 Å². The lowest BCUT2D eigenvalue weighted by atomic mass is 9.94. The van der Waals surface area contributed by atoms with E-state index in [1.54, 1.807) is 0 Å². The quantitative estimate of drug-likeness (QED) is 0.495. The predicted octanol–water partition coefficient (Wildman–Crippen LogP) is 3.60. The third-order valence-electron chi connectivity index (χ3n) is 4.14. The van der Waals surface area contributed by atoms with Crippen LogP contribution in [0.25, 0.3) is 0 Å². The molecule has 0 saturated carbocycles. The largest absolute Gasteiger partial charge is 0.392 e. The molecule has 1 atom stereocenters. The Labute approximate surface area is 155 Å². The third kappa shape index (κ3) is 4.02. The van der Waals surface area contributed by atoms with Gasteiger partial charge in [0.1, 0.15) is 0 Å². The van der Waals surface area contributed by atoms with Gasteiger partial charge in [-0.15, -0.1) is 0 Å². The molecule has 0 aliphatic rings. The van der Waals surface area contributed by atoms with Crippen molar-refractivity contribution in [3.63, 3.8) is 0 Å². The molecule has 4 nitrogen and oxygen atoms in total. The molecule has 166 valence electrons. The van der Waals surface area contributed by atoms with Gasteiger partial charge in [-0.25, -0.2) is 4.39 Å². The fourth-order valence-electron chi connectivity index (χ4n) is 2.26. The molecular weight excluding hydrogens is 411 g/mol. The fourth-order valence-corrected chi connectivity index (χ4v) is 2.26. The smallest absolute Gasteiger partial charge is 0.341 e. The van der Waals surface area contributed by atoms with Gasteiger partial charge >= 0.3 is 23.7 Å². The summed E-state index contributed by atoms with van der Waals surface area (Å²) < 4.78 is 124. The van der Waals surface area contributed by atoms with Gasteiger partial charge in [-0.3, -0.25) is 9.59 Å². The van der Waals surface area contributed by atoms with E-state index < -0.39 is 67.9 Å². The Hall–Kier alpha value is -1.69. The van der Waals surface area contributed by atoms with Crippen molar-refractivity contribution in [2.75, 3.05) is 26.2 Å². The second kappa shape index (κ2) is 8.76. The van der Waals surface area contributed by atoms with Gasteiger partial charge in [0.05, 0.1) is 0 Å². The Morgan fingerprint density at radius 2 is 1.07 bits per heavy atom. The number of halogens is 9. The highest BCUT2D eigenvalue weighted by Gasteiger charge is 2.85. The minimum Gasteiger partial charge on any atom is -0.341 e. The van der Waals surface area contributed by atoms with Crippen molar-refractivity contribution in [1.82, 2.24) is 9.80 Å². The van der Waals surface area contributed by atoms with Gasteiger partial charge in [0.2, 0.25) is 6.17 Å². The Morgan fingerprint density at radius 3 is 1.39 bits per heavy atom. The van der Waals surface area contributed by atoms with E-state index in [2.05, 4.69) is 0 Å². The maximum atomic E-state index is 13.8. The number of nitrogens with zero attached hydrogens (tertiary/aromatic N) is 2. The molecule has 0 radical (unpaired) electrons. The van der Waals surface area contributed by atoms with E-state index in [0.29, 0.717) is 4.90 Å². The summed E-state index contributed by atoms with van der Waals surface area (Å²) in [6, 6.07) is 0. The molecule has 13 heteroatoms. The molecule has 0 spiro atoms. The average molecular weight is 432 g/mol. The summed E-state index contributed by atoms with van der Waals surface area (Å²) in [7, 11) is 0. The van der Waals surface area contributed by atoms with Gasteiger partial charge in [0, 0.05) is 26.2 Å². The molecule has 0 bridgehead atoms. The summed E-state index contributed by atoms with van der Waals surface area (Å²) in [5, 5.41) is 0. The van der Waals surface area contributed by atoms with Crippen molar-refractivity contribution in [2.45, 2.75) is 57.6 Å². The zero-order valence-electron chi connectivity index (χ0n) is 15.5. The van der Waals surface area contributed by atoms with Gasteiger partial charge < -0.3 is 9.80 Å². The van der Waals surface area contributed by atoms with Crippen LogP contribution < -0.4 is 0 Å². The van der Waals surface area contributed by atoms with Crippen LogP contribution in [0.2, 0.25) is 0 Å². The summed E-state index contributed by atoms with van der Waals surface area (Å²) in [5.74, 6) is -32.0. The number of carbonyl (C=O) groups is 2. The molecule has 0 aromatic heterocycles. The van der Waals surface area contributed by atoms with Crippen LogP contribution in [0.4, 0.5) is 39.5 Å². The van der Waals surface area contributed by atoms with Crippen LogP contribution in [0.3, 0.4) is 0 Å². The molecule has 0 aromatic rings. The normalized spacial score (nSPS) is 14.6. The van der Waals surface area contributed by atoms with Crippen LogP contribution in [0, 0.1) is 0 Å². The molecule has 0 saturated heterocycles. The first kappa shape index (κ1) is 26.3. The standard InChI is InChI=1S/C15H21F9N2O2/c1-5-25(6-2)10(27)9(16)12(17,18)14(21,22)15(23,24)13(19,20)11(28)26(7-3)8-4/h9H,5-8H2,1-4H3. The summed E-state index contributed by atoms with van der Waals surface area (Å²) in [6.45, 7) is 2.39. The van der Waals surface area contributed by atoms with Crippen LogP contribution in [0.5, 0.6) is 0 Å². The number of alkyl halides is 9. The molecule has 0 heterocycles. The van der Waals surface area contributed by atoms with Gasteiger partial charge in [-0.2, -0.15) is 35.1 Å². The monoisotopic (exact) mass is 432 g/mol. The van der Waals surface area contributed by atoms with Gasteiger partial charge in [0.15, 0.2) is 0 Å². The molecule has 0 aliphatic carbocycles. The number of carbonyl (C=O) groups excluding carboxylic acids is 2. The molecule has 0 fully saturated rings. The minimum absolute atomic E-state index is 0.0239. The molecule has 0 aliphatic heterocycles. The van der Waals surface area contributed by atoms with E-state index in [4.69, 9.17) is 0 Å². The maximum Gasteiger partial charge on any atom is 0.392 e. The first-order valence-electron chi connectivity index (χ1n) is 8.26. The molecule has 28 heavy (non-hydrogen) atoms. The molecule has 0 rings (SSSR count). The second-order valence-corrected chi connectivity index (χ2v) is 5.70. The fraction of sp³-hybridized carbons (Fsp3) is 0.867. The van der Waals surface area contributed by atoms with Crippen LogP contribution in [-0.2, 0) is 9.59 Å². The SMILES string of the molecule is CCN(CC)C(=O)C(F)C(F)(F)C(F)(F)C(F)(F)C(F)(F)C(=O)N(CC)CC. The van der Waals surface area contributed by atoms with Crippen molar-refractivity contribution in [2.24, 2.45) is 0 Å². The first-order valence-corrected chi connectivity index (χ1v) is 8.26. The van der Waals surface area contributed by atoms with Crippen LogP contribution in [0.1, 0.15) is 27.7 Å². The Balaban J connectivity index is 6.16. The first-order chi connectivity index (χ1) is 12.5. The van der Waals surface area contributed by atoms with E-state index in [1.807, 2.05) is 0 Å². The zero-order chi connectivity index (χ0) is 22.7. The van der Waals surface area contributed by atoms with Crippen molar-refractivity contribution in [1.29, 1.82) is 0 Å². The zero-order valence-corrected chi connectivity index (χ0v) is 15.5. The van der Waals surface area contributed by atoms with E-state index >= 15 is 0 Å². The average Bonchev–Trinajstić information content (AvgIpc) is 2.62. The van der Waals surface area contributed by atoms with E-state index in [0.717, 1.165) is 27.7 Å². The maximum absolute atomic E-state index is 13.8. The highest BCUT2D eigenvalue weighted by molar-refractivity contribution is 5.85.